The van der Waals surface area contributed by atoms with Gasteiger partial charge in [0.25, 0.3) is 0 Å². The fraction of sp³-hybridized carbons (Fsp3) is 0.263. The molecule has 0 saturated heterocycles. The molecule has 3 rings (SSSR count). The van der Waals surface area contributed by atoms with Gasteiger partial charge < -0.3 is 19.7 Å². The number of fused-ring (bicyclic) bond motifs is 1. The van der Waals surface area contributed by atoms with Crippen LogP contribution in [0.25, 0.3) is 0 Å². The third kappa shape index (κ3) is 3.28. The zero-order valence-electron chi connectivity index (χ0n) is 13.6. The Morgan fingerprint density at radius 1 is 1.20 bits per heavy atom. The number of benzene rings is 2. The number of phenols is 2. The Bertz CT molecular complexity index is 799. The lowest BCUT2D eigenvalue weighted by Gasteiger charge is -2.32. The minimum Gasteiger partial charge on any atom is -0.508 e. The molecule has 2 N–H and O–H groups in total. The standard InChI is InChI=1S/C19H18O6/c1-2-6-15(22)25-19-17(23)16-13(21)9-12(20)10-14(16)24-18(19)11-7-4-3-5-8-11/h3-5,7-10,18-21H,2,6H2,1H3/t18-,19+/m1/s1. The van der Waals surface area contributed by atoms with E-state index in [1.165, 1.54) is 6.07 Å². The smallest absolute Gasteiger partial charge is 0.306 e. The van der Waals surface area contributed by atoms with Gasteiger partial charge in [0.1, 0.15) is 22.8 Å². The van der Waals surface area contributed by atoms with Gasteiger partial charge in [-0.05, 0) is 12.0 Å². The first kappa shape index (κ1) is 16.8. The Morgan fingerprint density at radius 3 is 2.60 bits per heavy atom. The minimum atomic E-state index is -1.20. The van der Waals surface area contributed by atoms with Crippen LogP contribution >= 0.6 is 0 Å². The van der Waals surface area contributed by atoms with Gasteiger partial charge in [0.15, 0.2) is 6.10 Å². The van der Waals surface area contributed by atoms with Crippen molar-refractivity contribution >= 4 is 11.8 Å². The number of aromatic hydroxyl groups is 2. The zero-order valence-corrected chi connectivity index (χ0v) is 13.6. The third-order valence-electron chi connectivity index (χ3n) is 3.94. The highest BCUT2D eigenvalue weighted by Gasteiger charge is 2.42. The fourth-order valence-corrected chi connectivity index (χ4v) is 2.81. The van der Waals surface area contributed by atoms with Crippen LogP contribution in [0.1, 0.15) is 41.8 Å². The molecule has 0 saturated carbocycles. The lowest BCUT2D eigenvalue weighted by molar-refractivity contribution is -0.151. The van der Waals surface area contributed by atoms with Crippen LogP contribution in [0.3, 0.4) is 0 Å². The normalized spacial score (nSPS) is 19.0. The topological polar surface area (TPSA) is 93.1 Å². The summed E-state index contributed by atoms with van der Waals surface area (Å²) < 4.78 is 11.2. The number of ether oxygens (including phenoxy) is 2. The van der Waals surface area contributed by atoms with Gasteiger partial charge in [-0.2, -0.15) is 0 Å². The zero-order chi connectivity index (χ0) is 18.0. The van der Waals surface area contributed by atoms with Crippen LogP contribution in [0.5, 0.6) is 17.2 Å². The summed E-state index contributed by atoms with van der Waals surface area (Å²) in [6, 6.07) is 11.2. The maximum Gasteiger partial charge on any atom is 0.306 e. The summed E-state index contributed by atoms with van der Waals surface area (Å²) in [5.41, 5.74) is 0.554. The summed E-state index contributed by atoms with van der Waals surface area (Å²) in [6.45, 7) is 1.83. The van der Waals surface area contributed by atoms with Crippen molar-refractivity contribution in [2.24, 2.45) is 0 Å². The van der Waals surface area contributed by atoms with Crippen LogP contribution < -0.4 is 4.74 Å². The second-order valence-electron chi connectivity index (χ2n) is 5.81. The molecular weight excluding hydrogens is 324 g/mol. The number of carbonyl (C=O) groups excluding carboxylic acids is 2. The molecule has 0 unspecified atom stereocenters. The van der Waals surface area contributed by atoms with Gasteiger partial charge in [-0.25, -0.2) is 0 Å². The van der Waals surface area contributed by atoms with Crippen molar-refractivity contribution < 1.29 is 29.3 Å². The largest absolute Gasteiger partial charge is 0.508 e. The summed E-state index contributed by atoms with van der Waals surface area (Å²) >= 11 is 0. The Morgan fingerprint density at radius 2 is 1.92 bits per heavy atom. The molecular formula is C19H18O6. The van der Waals surface area contributed by atoms with E-state index in [0.29, 0.717) is 12.0 Å². The van der Waals surface area contributed by atoms with Crippen LogP contribution in [0, 0.1) is 0 Å². The monoisotopic (exact) mass is 342 g/mol. The Labute approximate surface area is 144 Å². The average molecular weight is 342 g/mol. The summed E-state index contributed by atoms with van der Waals surface area (Å²) in [6.07, 6.45) is -1.29. The van der Waals surface area contributed by atoms with E-state index in [2.05, 4.69) is 0 Å². The molecule has 2 aromatic rings. The highest BCUT2D eigenvalue weighted by molar-refractivity contribution is 6.06. The second-order valence-corrected chi connectivity index (χ2v) is 5.81. The Kier molecular flexibility index (Phi) is 4.61. The van der Waals surface area contributed by atoms with E-state index >= 15 is 0 Å². The molecule has 0 fully saturated rings. The molecule has 25 heavy (non-hydrogen) atoms. The van der Waals surface area contributed by atoms with Crippen LogP contribution in [-0.4, -0.2) is 28.1 Å². The predicted octanol–water partition coefficient (Wildman–Crippen LogP) is 3.13. The maximum absolute atomic E-state index is 12.9. The quantitative estimate of drug-likeness (QED) is 0.829. The van der Waals surface area contributed by atoms with E-state index in [-0.39, 0.29) is 23.5 Å². The van der Waals surface area contributed by atoms with Crippen molar-refractivity contribution in [1.82, 2.24) is 0 Å². The van der Waals surface area contributed by atoms with Gasteiger partial charge in [0, 0.05) is 18.6 Å². The molecule has 0 radical (unpaired) electrons. The summed E-state index contributed by atoms with van der Waals surface area (Å²) in [4.78, 5) is 24.8. The molecule has 0 aromatic heterocycles. The first-order valence-electron chi connectivity index (χ1n) is 8.02. The summed E-state index contributed by atoms with van der Waals surface area (Å²) in [5, 5.41) is 19.7. The molecule has 0 aliphatic carbocycles. The number of hydrogen-bond donors (Lipinski definition) is 2. The van der Waals surface area contributed by atoms with Crippen molar-refractivity contribution in [2.75, 3.05) is 0 Å². The third-order valence-corrected chi connectivity index (χ3v) is 3.94. The molecule has 1 aliphatic heterocycles. The second kappa shape index (κ2) is 6.84. The minimum absolute atomic E-state index is 0.0548. The van der Waals surface area contributed by atoms with E-state index in [1.807, 2.05) is 13.0 Å². The summed E-state index contributed by atoms with van der Waals surface area (Å²) in [5.74, 6) is -1.65. The number of Topliss-reactive ketones (excluding diaryl/α,β-unsaturated/α-hetero) is 1. The first-order valence-corrected chi connectivity index (χ1v) is 8.02. The van der Waals surface area contributed by atoms with E-state index in [0.717, 1.165) is 6.07 Å². The molecule has 6 nitrogen and oxygen atoms in total. The molecule has 0 spiro atoms. The van der Waals surface area contributed by atoms with Gasteiger partial charge in [-0.15, -0.1) is 0 Å². The van der Waals surface area contributed by atoms with Crippen LogP contribution in [-0.2, 0) is 9.53 Å². The Balaban J connectivity index is 2.05. The van der Waals surface area contributed by atoms with Crippen LogP contribution in [0.4, 0.5) is 0 Å². The number of phenolic OH excluding ortho intramolecular Hbond substituents is 2. The van der Waals surface area contributed by atoms with E-state index < -0.39 is 29.7 Å². The molecule has 130 valence electrons. The predicted molar refractivity (Wildman–Crippen MR) is 88.7 cm³/mol. The number of carbonyl (C=O) groups is 2. The SMILES string of the molecule is CCCC(=O)O[C@H]1C(=O)c2c(O)cc(O)cc2O[C@@H]1c1ccccc1. The maximum atomic E-state index is 12.9. The number of ketones is 1. The van der Waals surface area contributed by atoms with Gasteiger partial charge in [-0.3, -0.25) is 9.59 Å². The summed E-state index contributed by atoms with van der Waals surface area (Å²) in [7, 11) is 0. The van der Waals surface area contributed by atoms with Gasteiger partial charge in [0.2, 0.25) is 11.9 Å². The van der Waals surface area contributed by atoms with Crippen molar-refractivity contribution in [3.05, 3.63) is 53.6 Å². The lowest BCUT2D eigenvalue weighted by atomic mass is 9.92. The molecule has 1 heterocycles. The molecule has 2 atom stereocenters. The first-order chi connectivity index (χ1) is 12.0. The lowest BCUT2D eigenvalue weighted by Crippen LogP contribution is -2.40. The van der Waals surface area contributed by atoms with Crippen molar-refractivity contribution in [1.29, 1.82) is 0 Å². The van der Waals surface area contributed by atoms with E-state index in [4.69, 9.17) is 9.47 Å². The highest BCUT2D eigenvalue weighted by atomic mass is 16.6. The molecule has 2 aromatic carbocycles. The van der Waals surface area contributed by atoms with Crippen molar-refractivity contribution in [2.45, 2.75) is 32.0 Å². The van der Waals surface area contributed by atoms with E-state index in [9.17, 15) is 19.8 Å². The highest BCUT2D eigenvalue weighted by Crippen LogP contribution is 2.42. The molecule has 0 amide bonds. The van der Waals surface area contributed by atoms with E-state index in [1.54, 1.807) is 24.3 Å². The number of rotatable bonds is 4. The van der Waals surface area contributed by atoms with Gasteiger partial charge in [0.05, 0.1) is 0 Å². The average Bonchev–Trinajstić information content (AvgIpc) is 2.57. The van der Waals surface area contributed by atoms with Crippen molar-refractivity contribution in [3.63, 3.8) is 0 Å². The molecule has 0 bridgehead atoms. The van der Waals surface area contributed by atoms with Crippen LogP contribution in [0.15, 0.2) is 42.5 Å². The van der Waals surface area contributed by atoms with Gasteiger partial charge in [-0.1, -0.05) is 37.3 Å². The molecule has 1 aliphatic rings. The van der Waals surface area contributed by atoms with Crippen molar-refractivity contribution in [3.8, 4) is 17.2 Å². The van der Waals surface area contributed by atoms with Gasteiger partial charge >= 0.3 is 5.97 Å². The number of esters is 1. The fourth-order valence-electron chi connectivity index (χ4n) is 2.81. The Hall–Kier alpha value is -3.02. The number of hydrogen-bond acceptors (Lipinski definition) is 6. The van der Waals surface area contributed by atoms with Crippen LogP contribution in [0.2, 0.25) is 0 Å². The molecule has 6 heteroatoms.